The molecule has 1 amide bonds. The van der Waals surface area contributed by atoms with Gasteiger partial charge in [0.05, 0.1) is 0 Å². The van der Waals surface area contributed by atoms with Crippen molar-refractivity contribution in [3.63, 3.8) is 0 Å². The van der Waals surface area contributed by atoms with E-state index in [1.807, 2.05) is 52.7 Å². The number of nitrogens with two attached hydrogens (primary N) is 1. The largest absolute Gasteiger partial charge is 0.337 e. The summed E-state index contributed by atoms with van der Waals surface area (Å²) < 4.78 is 0. The topological polar surface area (TPSA) is 46.3 Å². The fourth-order valence-electron chi connectivity index (χ4n) is 2.13. The number of hydrogen-bond acceptors (Lipinski definition) is 3. The van der Waals surface area contributed by atoms with Crippen LogP contribution in [0.25, 0.3) is 0 Å². The molecule has 2 rings (SSSR count). The Balaban J connectivity index is 2.09. The first-order valence-corrected chi connectivity index (χ1v) is 7.72. The van der Waals surface area contributed by atoms with Crippen LogP contribution in [-0.4, -0.2) is 17.4 Å². The van der Waals surface area contributed by atoms with Crippen LogP contribution in [0, 0.1) is 0 Å². The molecule has 0 aliphatic heterocycles. The Kier molecular flexibility index (Phi) is 5.32. The van der Waals surface area contributed by atoms with Crippen LogP contribution in [0.15, 0.2) is 47.8 Å². The Morgan fingerprint density at radius 1 is 1.25 bits per heavy atom. The monoisotopic (exact) mass is 288 g/mol. The summed E-state index contributed by atoms with van der Waals surface area (Å²) in [5.41, 5.74) is 7.22. The third-order valence-corrected chi connectivity index (χ3v) is 4.09. The van der Waals surface area contributed by atoms with Crippen molar-refractivity contribution in [2.75, 3.05) is 6.54 Å². The number of hydrogen-bond donors (Lipinski definition) is 1. The maximum absolute atomic E-state index is 12.5. The van der Waals surface area contributed by atoms with E-state index in [9.17, 15) is 4.79 Å². The number of carbonyl (C=O) groups is 1. The minimum Gasteiger partial charge on any atom is -0.337 e. The summed E-state index contributed by atoms with van der Waals surface area (Å²) in [4.78, 5) is 15.3. The molecule has 0 spiro atoms. The quantitative estimate of drug-likeness (QED) is 0.887. The smallest absolute Gasteiger partial charge is 0.245 e. The van der Waals surface area contributed by atoms with Crippen LogP contribution in [0.3, 0.4) is 0 Å². The molecule has 1 aromatic carbocycles. The number of rotatable bonds is 6. The second-order valence-electron chi connectivity index (χ2n) is 4.74. The van der Waals surface area contributed by atoms with E-state index in [2.05, 4.69) is 6.92 Å². The molecule has 0 saturated heterocycles. The van der Waals surface area contributed by atoms with Crippen molar-refractivity contribution in [2.24, 2.45) is 5.73 Å². The Labute approximate surface area is 124 Å². The fourth-order valence-corrected chi connectivity index (χ4v) is 2.85. The summed E-state index contributed by atoms with van der Waals surface area (Å²) in [7, 11) is 0. The number of carbonyl (C=O) groups excluding carboxylic acids is 1. The minimum atomic E-state index is -0.551. The molecule has 0 aliphatic carbocycles. The lowest BCUT2D eigenvalue weighted by Crippen LogP contribution is -2.38. The highest BCUT2D eigenvalue weighted by molar-refractivity contribution is 7.10. The van der Waals surface area contributed by atoms with Gasteiger partial charge in [-0.3, -0.25) is 4.79 Å². The van der Waals surface area contributed by atoms with Crippen molar-refractivity contribution in [2.45, 2.75) is 25.9 Å². The van der Waals surface area contributed by atoms with E-state index < -0.39 is 6.04 Å². The lowest BCUT2D eigenvalue weighted by Gasteiger charge is -2.25. The summed E-state index contributed by atoms with van der Waals surface area (Å²) in [5.74, 6) is -0.00171. The first-order valence-electron chi connectivity index (χ1n) is 6.84. The highest BCUT2D eigenvalue weighted by Gasteiger charge is 2.22. The molecule has 2 N–H and O–H groups in total. The maximum atomic E-state index is 12.5. The molecular weight excluding hydrogens is 268 g/mol. The summed E-state index contributed by atoms with van der Waals surface area (Å²) in [5, 5.41) is 1.95. The van der Waals surface area contributed by atoms with E-state index in [0.29, 0.717) is 6.54 Å². The molecule has 0 radical (unpaired) electrons. The van der Waals surface area contributed by atoms with Gasteiger partial charge in [0.25, 0.3) is 0 Å². The van der Waals surface area contributed by atoms with E-state index in [1.54, 1.807) is 0 Å². The predicted octanol–water partition coefficient (Wildman–Crippen LogP) is 3.19. The van der Waals surface area contributed by atoms with Crippen molar-refractivity contribution < 1.29 is 4.79 Å². The molecule has 1 aromatic heterocycles. The summed E-state index contributed by atoms with van der Waals surface area (Å²) in [6.45, 7) is 3.42. The van der Waals surface area contributed by atoms with Gasteiger partial charge in [0.2, 0.25) is 5.91 Å². The zero-order chi connectivity index (χ0) is 14.4. The van der Waals surface area contributed by atoms with Crippen molar-refractivity contribution in [3.8, 4) is 0 Å². The third kappa shape index (κ3) is 3.68. The normalized spacial score (nSPS) is 12.1. The molecule has 0 fully saturated rings. The zero-order valence-electron chi connectivity index (χ0n) is 11.7. The minimum absolute atomic E-state index is 0.00171. The number of nitrogens with zero attached hydrogens (tertiary/aromatic N) is 1. The fraction of sp³-hybridized carbons (Fsp3) is 0.312. The standard InChI is InChI=1S/C16H20N2OS/c1-2-10-18(12-13-7-4-3-5-8-13)16(19)15(17)14-9-6-11-20-14/h3-9,11,15H,2,10,12,17H2,1H3. The third-order valence-electron chi connectivity index (χ3n) is 3.14. The van der Waals surface area contributed by atoms with Gasteiger partial charge in [0.1, 0.15) is 6.04 Å². The summed E-state index contributed by atoms with van der Waals surface area (Å²) in [6.07, 6.45) is 0.926. The van der Waals surface area contributed by atoms with E-state index in [4.69, 9.17) is 5.73 Å². The van der Waals surface area contributed by atoms with Crippen LogP contribution >= 0.6 is 11.3 Å². The van der Waals surface area contributed by atoms with Crippen molar-refractivity contribution in [1.82, 2.24) is 4.90 Å². The maximum Gasteiger partial charge on any atom is 0.245 e. The van der Waals surface area contributed by atoms with Gasteiger partial charge in [0, 0.05) is 18.0 Å². The Morgan fingerprint density at radius 3 is 2.60 bits per heavy atom. The molecule has 2 aromatic rings. The highest BCUT2D eigenvalue weighted by Crippen LogP contribution is 2.20. The van der Waals surface area contributed by atoms with Crippen LogP contribution in [0.5, 0.6) is 0 Å². The summed E-state index contributed by atoms with van der Waals surface area (Å²) in [6, 6.07) is 13.3. The number of amides is 1. The lowest BCUT2D eigenvalue weighted by molar-refractivity contribution is -0.133. The van der Waals surface area contributed by atoms with E-state index >= 15 is 0 Å². The molecule has 0 aliphatic rings. The second-order valence-corrected chi connectivity index (χ2v) is 5.72. The van der Waals surface area contributed by atoms with Gasteiger partial charge >= 0.3 is 0 Å². The average Bonchev–Trinajstić information content (AvgIpc) is 3.00. The molecule has 20 heavy (non-hydrogen) atoms. The molecule has 4 heteroatoms. The molecule has 0 saturated carbocycles. The molecule has 3 nitrogen and oxygen atoms in total. The van der Waals surface area contributed by atoms with Gasteiger partial charge in [0.15, 0.2) is 0 Å². The molecular formula is C16H20N2OS. The molecule has 1 unspecified atom stereocenters. The van der Waals surface area contributed by atoms with Gasteiger partial charge in [-0.15, -0.1) is 11.3 Å². The predicted molar refractivity (Wildman–Crippen MR) is 83.4 cm³/mol. The van der Waals surface area contributed by atoms with Crippen molar-refractivity contribution >= 4 is 17.2 Å². The van der Waals surface area contributed by atoms with E-state index in [-0.39, 0.29) is 5.91 Å². The second kappa shape index (κ2) is 7.22. The first kappa shape index (κ1) is 14.8. The van der Waals surface area contributed by atoms with Gasteiger partial charge in [-0.2, -0.15) is 0 Å². The van der Waals surface area contributed by atoms with Crippen molar-refractivity contribution in [3.05, 3.63) is 58.3 Å². The van der Waals surface area contributed by atoms with Gasteiger partial charge in [-0.05, 0) is 23.4 Å². The zero-order valence-corrected chi connectivity index (χ0v) is 12.5. The van der Waals surface area contributed by atoms with Crippen LogP contribution in [0.2, 0.25) is 0 Å². The van der Waals surface area contributed by atoms with Crippen molar-refractivity contribution in [1.29, 1.82) is 0 Å². The van der Waals surface area contributed by atoms with Gasteiger partial charge in [-0.1, -0.05) is 43.3 Å². The molecule has 1 atom stereocenters. The van der Waals surface area contributed by atoms with Crippen LogP contribution in [0.4, 0.5) is 0 Å². The Bertz CT molecular complexity index is 525. The Morgan fingerprint density at radius 2 is 2.00 bits per heavy atom. The SMILES string of the molecule is CCCN(Cc1ccccc1)C(=O)C(N)c1cccs1. The average molecular weight is 288 g/mol. The van der Waals surface area contributed by atoms with Crippen LogP contribution < -0.4 is 5.73 Å². The van der Waals surface area contributed by atoms with Gasteiger partial charge < -0.3 is 10.6 Å². The summed E-state index contributed by atoms with van der Waals surface area (Å²) >= 11 is 1.53. The molecule has 1 heterocycles. The van der Waals surface area contributed by atoms with Crippen LogP contribution in [-0.2, 0) is 11.3 Å². The highest BCUT2D eigenvalue weighted by atomic mass is 32.1. The molecule has 0 bridgehead atoms. The number of benzene rings is 1. The van der Waals surface area contributed by atoms with Crippen LogP contribution in [0.1, 0.15) is 29.8 Å². The lowest BCUT2D eigenvalue weighted by atomic mass is 10.1. The Hall–Kier alpha value is -1.65. The molecule has 106 valence electrons. The first-order chi connectivity index (χ1) is 9.72. The van der Waals surface area contributed by atoms with E-state index in [0.717, 1.165) is 23.4 Å². The van der Waals surface area contributed by atoms with Gasteiger partial charge in [-0.25, -0.2) is 0 Å². The van der Waals surface area contributed by atoms with E-state index in [1.165, 1.54) is 11.3 Å². The number of thiophene rings is 1.